The van der Waals surface area contributed by atoms with Gasteiger partial charge in [0.2, 0.25) is 0 Å². The predicted octanol–water partition coefficient (Wildman–Crippen LogP) is 4.64. The third kappa shape index (κ3) is 4.42. The fourth-order valence-electron chi connectivity index (χ4n) is 2.29. The van der Waals surface area contributed by atoms with Crippen LogP contribution < -0.4 is 5.32 Å². The molecule has 126 valence electrons. The smallest absolute Gasteiger partial charge is 0.258 e. The van der Waals surface area contributed by atoms with E-state index in [9.17, 15) is 9.18 Å². The fourth-order valence-corrected chi connectivity index (χ4v) is 3.16. The Labute approximate surface area is 149 Å². The second-order valence-corrected chi connectivity index (χ2v) is 6.53. The summed E-state index contributed by atoms with van der Waals surface area (Å²) >= 11 is 1.45. The molecule has 25 heavy (non-hydrogen) atoms. The number of anilines is 1. The van der Waals surface area contributed by atoms with Crippen LogP contribution in [0.15, 0.2) is 64.6 Å². The van der Waals surface area contributed by atoms with Crippen LogP contribution in [0.5, 0.6) is 0 Å². The molecule has 1 heterocycles. The van der Waals surface area contributed by atoms with Gasteiger partial charge in [-0.25, -0.2) is 14.4 Å². The highest BCUT2D eigenvalue weighted by molar-refractivity contribution is 7.99. The van der Waals surface area contributed by atoms with Crippen molar-refractivity contribution in [3.63, 3.8) is 0 Å². The summed E-state index contributed by atoms with van der Waals surface area (Å²) in [5, 5.41) is 3.37. The van der Waals surface area contributed by atoms with Gasteiger partial charge >= 0.3 is 0 Å². The molecule has 0 bridgehead atoms. The second-order valence-electron chi connectivity index (χ2n) is 5.49. The second kappa shape index (κ2) is 7.44. The van der Waals surface area contributed by atoms with Crippen molar-refractivity contribution in [1.29, 1.82) is 0 Å². The first-order chi connectivity index (χ1) is 12.0. The number of aryl methyl sites for hydroxylation is 2. The molecule has 3 aromatic rings. The van der Waals surface area contributed by atoms with Crippen molar-refractivity contribution in [2.24, 2.45) is 0 Å². The molecule has 1 amide bonds. The van der Waals surface area contributed by atoms with E-state index >= 15 is 0 Å². The maximum absolute atomic E-state index is 13.6. The summed E-state index contributed by atoms with van der Waals surface area (Å²) in [5.41, 5.74) is 2.45. The van der Waals surface area contributed by atoms with E-state index in [-0.39, 0.29) is 5.56 Å². The molecule has 0 spiro atoms. The van der Waals surface area contributed by atoms with Gasteiger partial charge in [-0.2, -0.15) is 0 Å². The van der Waals surface area contributed by atoms with Gasteiger partial charge in [0.15, 0.2) is 5.16 Å². The Balaban J connectivity index is 1.70. The molecule has 0 saturated carbocycles. The highest BCUT2D eigenvalue weighted by Crippen LogP contribution is 2.26. The van der Waals surface area contributed by atoms with E-state index in [1.165, 1.54) is 23.9 Å². The lowest BCUT2D eigenvalue weighted by Crippen LogP contribution is -2.13. The van der Waals surface area contributed by atoms with Crippen molar-refractivity contribution in [3.8, 4) is 0 Å². The van der Waals surface area contributed by atoms with Gasteiger partial charge in [-0.15, -0.1) is 0 Å². The Bertz CT molecular complexity index is 893. The van der Waals surface area contributed by atoms with Crippen molar-refractivity contribution < 1.29 is 9.18 Å². The van der Waals surface area contributed by atoms with Crippen molar-refractivity contribution in [1.82, 2.24) is 9.97 Å². The number of aromatic nitrogens is 2. The monoisotopic (exact) mass is 353 g/mol. The van der Waals surface area contributed by atoms with Crippen molar-refractivity contribution in [2.75, 3.05) is 5.32 Å². The van der Waals surface area contributed by atoms with E-state index in [1.54, 1.807) is 24.3 Å². The number of benzene rings is 2. The van der Waals surface area contributed by atoms with Gasteiger partial charge in [0.1, 0.15) is 5.82 Å². The fraction of sp³-hybridized carbons (Fsp3) is 0.105. The maximum Gasteiger partial charge on any atom is 0.258 e. The molecule has 1 N–H and O–H groups in total. The largest absolute Gasteiger partial charge is 0.322 e. The van der Waals surface area contributed by atoms with Crippen LogP contribution in [0.1, 0.15) is 21.7 Å². The number of halogens is 1. The topological polar surface area (TPSA) is 54.9 Å². The van der Waals surface area contributed by atoms with Crippen LogP contribution in [0, 0.1) is 19.7 Å². The molecule has 4 nitrogen and oxygen atoms in total. The van der Waals surface area contributed by atoms with Gasteiger partial charge in [-0.1, -0.05) is 12.1 Å². The molecule has 0 fully saturated rings. The Morgan fingerprint density at radius 2 is 1.64 bits per heavy atom. The first kappa shape index (κ1) is 17.1. The van der Waals surface area contributed by atoms with E-state index in [4.69, 9.17) is 0 Å². The van der Waals surface area contributed by atoms with E-state index < -0.39 is 11.7 Å². The van der Waals surface area contributed by atoms with E-state index in [0.717, 1.165) is 16.3 Å². The Morgan fingerprint density at radius 1 is 1.00 bits per heavy atom. The van der Waals surface area contributed by atoms with Crippen molar-refractivity contribution >= 4 is 23.4 Å². The zero-order valence-corrected chi connectivity index (χ0v) is 14.6. The average molecular weight is 353 g/mol. The Kier molecular flexibility index (Phi) is 5.09. The SMILES string of the molecule is Cc1cc(C)nc(Sc2ccc(NC(=O)c3ccccc3F)cc2)n1. The lowest BCUT2D eigenvalue weighted by molar-refractivity contribution is 0.102. The number of amides is 1. The number of hydrogen-bond acceptors (Lipinski definition) is 4. The minimum Gasteiger partial charge on any atom is -0.322 e. The number of hydrogen-bond donors (Lipinski definition) is 1. The van der Waals surface area contributed by atoms with Crippen LogP contribution in [-0.4, -0.2) is 15.9 Å². The third-order valence-corrected chi connectivity index (χ3v) is 4.27. The predicted molar refractivity (Wildman–Crippen MR) is 96.4 cm³/mol. The summed E-state index contributed by atoms with van der Waals surface area (Å²) in [6.45, 7) is 3.86. The van der Waals surface area contributed by atoms with E-state index in [2.05, 4.69) is 15.3 Å². The molecule has 0 unspecified atom stereocenters. The minimum absolute atomic E-state index is 0.0181. The van der Waals surface area contributed by atoms with Crippen LogP contribution in [0.25, 0.3) is 0 Å². The van der Waals surface area contributed by atoms with Crippen molar-refractivity contribution in [3.05, 3.63) is 77.4 Å². The molecular weight excluding hydrogens is 337 g/mol. The van der Waals surface area contributed by atoms with Crippen LogP contribution in [0.3, 0.4) is 0 Å². The van der Waals surface area contributed by atoms with Crippen LogP contribution >= 0.6 is 11.8 Å². The van der Waals surface area contributed by atoms with Gasteiger partial charge in [0.05, 0.1) is 5.56 Å². The van der Waals surface area contributed by atoms with E-state index in [1.807, 2.05) is 32.0 Å². The standard InChI is InChI=1S/C19H16FN3OS/c1-12-11-13(2)22-19(21-12)25-15-9-7-14(8-10-15)23-18(24)16-5-3-4-6-17(16)20/h3-11H,1-2H3,(H,23,24). The summed E-state index contributed by atoms with van der Waals surface area (Å²) in [5.74, 6) is -1.02. The summed E-state index contributed by atoms with van der Waals surface area (Å²) < 4.78 is 13.6. The minimum atomic E-state index is -0.542. The number of nitrogens with zero attached hydrogens (tertiary/aromatic N) is 2. The molecule has 2 aromatic carbocycles. The third-order valence-electron chi connectivity index (χ3n) is 3.40. The van der Waals surface area contributed by atoms with E-state index in [0.29, 0.717) is 10.8 Å². The molecule has 0 aliphatic carbocycles. The summed E-state index contributed by atoms with van der Waals surface area (Å²) in [6, 6.07) is 15.1. The van der Waals surface area contributed by atoms with Gasteiger partial charge < -0.3 is 5.32 Å². The maximum atomic E-state index is 13.6. The Hall–Kier alpha value is -2.73. The first-order valence-electron chi connectivity index (χ1n) is 7.67. The van der Waals surface area contributed by atoms with Gasteiger partial charge in [0.25, 0.3) is 5.91 Å². The van der Waals surface area contributed by atoms with Crippen LogP contribution in [-0.2, 0) is 0 Å². The summed E-state index contributed by atoms with van der Waals surface area (Å²) in [7, 11) is 0. The zero-order valence-electron chi connectivity index (χ0n) is 13.8. The molecule has 1 aromatic heterocycles. The molecule has 0 aliphatic heterocycles. The molecule has 0 aliphatic rings. The first-order valence-corrected chi connectivity index (χ1v) is 8.49. The molecule has 0 atom stereocenters. The summed E-state index contributed by atoms with van der Waals surface area (Å²) in [4.78, 5) is 21.8. The normalized spacial score (nSPS) is 10.5. The Morgan fingerprint density at radius 3 is 2.28 bits per heavy atom. The molecule has 0 saturated heterocycles. The molecule has 0 radical (unpaired) electrons. The van der Waals surface area contributed by atoms with Crippen LogP contribution in [0.2, 0.25) is 0 Å². The van der Waals surface area contributed by atoms with Crippen molar-refractivity contribution in [2.45, 2.75) is 23.9 Å². The number of rotatable bonds is 4. The average Bonchev–Trinajstić information content (AvgIpc) is 2.56. The molecule has 6 heteroatoms. The highest BCUT2D eigenvalue weighted by atomic mass is 32.2. The number of carbonyl (C=O) groups is 1. The van der Waals surface area contributed by atoms with Gasteiger partial charge in [-0.05, 0) is 68.1 Å². The summed E-state index contributed by atoms with van der Waals surface area (Å²) in [6.07, 6.45) is 0. The highest BCUT2D eigenvalue weighted by Gasteiger charge is 2.11. The molecule has 3 rings (SSSR count). The van der Waals surface area contributed by atoms with Gasteiger partial charge in [-0.3, -0.25) is 4.79 Å². The van der Waals surface area contributed by atoms with Crippen LogP contribution in [0.4, 0.5) is 10.1 Å². The number of nitrogens with one attached hydrogen (secondary N) is 1. The number of carbonyl (C=O) groups excluding carboxylic acids is 1. The quantitative estimate of drug-likeness (QED) is 0.695. The lowest BCUT2D eigenvalue weighted by Gasteiger charge is -2.07. The zero-order chi connectivity index (χ0) is 17.8. The lowest BCUT2D eigenvalue weighted by atomic mass is 10.2. The van der Waals surface area contributed by atoms with Gasteiger partial charge in [0, 0.05) is 22.0 Å². The molecular formula is C19H16FN3OS.